The molecular weight excluding hydrogens is 530 g/mol. The molecule has 4 aromatic carbocycles. The third-order valence-electron chi connectivity index (χ3n) is 9.32. The minimum absolute atomic E-state index is 0.133. The van der Waals surface area contributed by atoms with Gasteiger partial charge in [0.05, 0.1) is 16.6 Å². The molecule has 1 heterocycles. The maximum atomic E-state index is 13.3. The van der Waals surface area contributed by atoms with Crippen LogP contribution in [0, 0.1) is 24.7 Å². The Bertz CT molecular complexity index is 1720. The molecule has 3 N–H and O–H groups in total. The largest absolute Gasteiger partial charge is 0.378 e. The van der Waals surface area contributed by atoms with E-state index in [1.165, 1.54) is 42.5 Å². The number of fused-ring (bicyclic) bond motifs is 7. The van der Waals surface area contributed by atoms with Crippen LogP contribution in [0.3, 0.4) is 0 Å². The Hall–Kier alpha value is -4.10. The van der Waals surface area contributed by atoms with E-state index in [2.05, 4.69) is 57.8 Å². The van der Waals surface area contributed by atoms with E-state index in [1.54, 1.807) is 24.3 Å². The van der Waals surface area contributed by atoms with Crippen LogP contribution in [0.4, 0.5) is 17.1 Å². The number of anilines is 3. The lowest BCUT2D eigenvalue weighted by Gasteiger charge is -2.43. The zero-order chi connectivity index (χ0) is 28.1. The summed E-state index contributed by atoms with van der Waals surface area (Å²) < 4.78 is 28.4. The van der Waals surface area contributed by atoms with E-state index in [9.17, 15) is 13.2 Å². The van der Waals surface area contributed by atoms with Gasteiger partial charge in [0.2, 0.25) is 0 Å². The number of hydrogen-bond donors (Lipinski definition) is 3. The molecule has 0 spiro atoms. The number of rotatable bonds is 6. The van der Waals surface area contributed by atoms with Crippen molar-refractivity contribution in [3.05, 3.63) is 119 Å². The molecule has 41 heavy (non-hydrogen) atoms. The molecule has 0 aromatic heterocycles. The topological polar surface area (TPSA) is 87.3 Å². The second kappa shape index (κ2) is 10.1. The van der Waals surface area contributed by atoms with E-state index < -0.39 is 10.0 Å². The van der Waals surface area contributed by atoms with Crippen LogP contribution in [0.1, 0.15) is 58.3 Å². The van der Waals surface area contributed by atoms with Gasteiger partial charge in [-0.05, 0) is 115 Å². The molecule has 7 heteroatoms. The molecule has 4 aromatic rings. The Morgan fingerprint density at radius 3 is 2.37 bits per heavy atom. The fraction of sp³-hybridized carbons (Fsp3) is 0.265. The molecule has 208 valence electrons. The molecule has 2 aliphatic carbocycles. The molecule has 5 atom stereocenters. The summed E-state index contributed by atoms with van der Waals surface area (Å²) in [5, 5.41) is 6.79. The monoisotopic (exact) mass is 563 g/mol. The summed E-state index contributed by atoms with van der Waals surface area (Å²) in [5.41, 5.74) is 6.26. The number of nitrogens with one attached hydrogen (secondary N) is 3. The van der Waals surface area contributed by atoms with Gasteiger partial charge in [0, 0.05) is 16.9 Å². The minimum Gasteiger partial charge on any atom is -0.378 e. The van der Waals surface area contributed by atoms with Gasteiger partial charge in [-0.2, -0.15) is 0 Å². The average Bonchev–Trinajstić information content (AvgIpc) is 3.62. The predicted molar refractivity (Wildman–Crippen MR) is 163 cm³/mol. The van der Waals surface area contributed by atoms with Crippen molar-refractivity contribution in [2.75, 3.05) is 15.4 Å². The number of carbonyl (C=O) groups is 1. The van der Waals surface area contributed by atoms with Crippen molar-refractivity contribution >= 4 is 33.0 Å². The molecule has 0 saturated heterocycles. The highest BCUT2D eigenvalue weighted by atomic mass is 32.2. The van der Waals surface area contributed by atoms with Crippen LogP contribution in [0.25, 0.3) is 0 Å². The fourth-order valence-electron chi connectivity index (χ4n) is 7.43. The lowest BCUT2D eigenvalue weighted by atomic mass is 9.68. The average molecular weight is 564 g/mol. The second-order valence-electron chi connectivity index (χ2n) is 11.7. The van der Waals surface area contributed by atoms with Crippen molar-refractivity contribution in [1.82, 2.24) is 0 Å². The molecule has 0 radical (unpaired) electrons. The highest BCUT2D eigenvalue weighted by Gasteiger charge is 2.53. The Kier molecular flexibility index (Phi) is 6.35. The zero-order valence-electron chi connectivity index (χ0n) is 22.9. The van der Waals surface area contributed by atoms with Gasteiger partial charge >= 0.3 is 0 Å². The van der Waals surface area contributed by atoms with Gasteiger partial charge in [0.1, 0.15) is 0 Å². The van der Waals surface area contributed by atoms with Crippen molar-refractivity contribution < 1.29 is 13.2 Å². The number of benzene rings is 4. The molecule has 3 aliphatic rings. The molecule has 2 saturated carbocycles. The van der Waals surface area contributed by atoms with Gasteiger partial charge < -0.3 is 10.6 Å². The van der Waals surface area contributed by atoms with Gasteiger partial charge in [-0.15, -0.1) is 0 Å². The number of aryl methyl sites for hydroxylation is 1. The summed E-state index contributed by atoms with van der Waals surface area (Å²) in [6.07, 6.45) is 3.82. The van der Waals surface area contributed by atoms with E-state index in [1.807, 2.05) is 25.1 Å². The second-order valence-corrected chi connectivity index (χ2v) is 13.4. The number of amides is 1. The van der Waals surface area contributed by atoms with Crippen LogP contribution < -0.4 is 15.4 Å². The third-order valence-corrected chi connectivity index (χ3v) is 10.7. The summed E-state index contributed by atoms with van der Waals surface area (Å²) >= 11 is 0. The summed E-state index contributed by atoms with van der Waals surface area (Å²) in [6, 6.07) is 30.6. The van der Waals surface area contributed by atoms with Crippen molar-refractivity contribution in [2.45, 2.75) is 43.0 Å². The number of para-hydroxylation sites is 1. The summed E-state index contributed by atoms with van der Waals surface area (Å²) in [4.78, 5) is 13.5. The van der Waals surface area contributed by atoms with Gasteiger partial charge in [0.15, 0.2) is 0 Å². The van der Waals surface area contributed by atoms with Gasteiger partial charge in [0.25, 0.3) is 15.9 Å². The van der Waals surface area contributed by atoms with E-state index in [-0.39, 0.29) is 10.8 Å². The molecule has 7 rings (SSSR count). The molecule has 2 bridgehead atoms. The smallest absolute Gasteiger partial charge is 0.261 e. The van der Waals surface area contributed by atoms with Gasteiger partial charge in [-0.25, -0.2) is 8.42 Å². The third kappa shape index (κ3) is 4.68. The highest BCUT2D eigenvalue weighted by molar-refractivity contribution is 7.92. The lowest BCUT2D eigenvalue weighted by molar-refractivity contribution is 0.102. The fourth-order valence-corrected chi connectivity index (χ4v) is 8.56. The Balaban J connectivity index is 1.10. The first-order valence-corrected chi connectivity index (χ1v) is 15.8. The molecule has 0 unspecified atom stereocenters. The van der Waals surface area contributed by atoms with Gasteiger partial charge in [-0.3, -0.25) is 9.52 Å². The normalized spacial score (nSPS) is 24.2. The van der Waals surface area contributed by atoms with Crippen molar-refractivity contribution in [1.29, 1.82) is 0 Å². The van der Waals surface area contributed by atoms with Crippen molar-refractivity contribution in [3.8, 4) is 0 Å². The first-order valence-electron chi connectivity index (χ1n) is 14.3. The summed E-state index contributed by atoms with van der Waals surface area (Å²) in [6.45, 7) is 1.85. The quantitative estimate of drug-likeness (QED) is 0.229. The van der Waals surface area contributed by atoms with E-state index in [0.717, 1.165) is 11.3 Å². The maximum Gasteiger partial charge on any atom is 0.261 e. The SMILES string of the molecule is Cc1ccccc1NS(=O)(=O)c1ccc(NC(=O)c2ccc3c(c2)[C@@H]2[C@H]4CC[C@@H](C4)[C@@H]2[C@H](c2ccccc2)N3)cc1. The molecule has 1 aliphatic heterocycles. The van der Waals surface area contributed by atoms with Crippen LogP contribution in [0.15, 0.2) is 102 Å². The Morgan fingerprint density at radius 2 is 1.59 bits per heavy atom. The Morgan fingerprint density at radius 1 is 0.854 bits per heavy atom. The van der Waals surface area contributed by atoms with Crippen LogP contribution >= 0.6 is 0 Å². The Labute approximate surface area is 241 Å². The summed E-state index contributed by atoms with van der Waals surface area (Å²) in [5.74, 6) is 2.16. The minimum atomic E-state index is -3.75. The lowest BCUT2D eigenvalue weighted by Crippen LogP contribution is -2.35. The standard InChI is InChI=1S/C34H33N3O3S/c1-21-7-5-6-10-29(21)37-41(39,40)27-16-14-26(15-17-27)35-34(38)25-13-18-30-28(20-25)31-23-11-12-24(19-23)32(31)33(36-30)22-8-3-2-4-9-22/h2-10,13-18,20,23-24,31-33,36-37H,11-12,19H2,1H3,(H,35,38)/t23-,24-,31-,32-,33-/m0/s1. The summed E-state index contributed by atoms with van der Waals surface area (Å²) in [7, 11) is -3.75. The van der Waals surface area contributed by atoms with Crippen molar-refractivity contribution in [3.63, 3.8) is 0 Å². The molecule has 2 fully saturated rings. The molecule has 1 amide bonds. The van der Waals surface area contributed by atoms with Crippen LogP contribution in [-0.4, -0.2) is 14.3 Å². The van der Waals surface area contributed by atoms with E-state index >= 15 is 0 Å². The molecular formula is C34H33N3O3S. The van der Waals surface area contributed by atoms with Crippen molar-refractivity contribution in [2.24, 2.45) is 17.8 Å². The molecule has 6 nitrogen and oxygen atoms in total. The van der Waals surface area contributed by atoms with E-state index in [4.69, 9.17) is 0 Å². The highest BCUT2D eigenvalue weighted by Crippen LogP contribution is 2.63. The zero-order valence-corrected chi connectivity index (χ0v) is 23.7. The van der Waals surface area contributed by atoms with Crippen LogP contribution in [0.2, 0.25) is 0 Å². The number of hydrogen-bond acceptors (Lipinski definition) is 4. The maximum absolute atomic E-state index is 13.3. The number of carbonyl (C=O) groups excluding carboxylic acids is 1. The van der Waals surface area contributed by atoms with Crippen LogP contribution in [-0.2, 0) is 10.0 Å². The first kappa shape index (κ1) is 25.8. The number of sulfonamides is 1. The first-order chi connectivity index (χ1) is 19.9. The van der Waals surface area contributed by atoms with Crippen LogP contribution in [0.5, 0.6) is 0 Å². The predicted octanol–water partition coefficient (Wildman–Crippen LogP) is 7.34. The van der Waals surface area contributed by atoms with E-state index in [0.29, 0.717) is 46.7 Å². The van der Waals surface area contributed by atoms with Gasteiger partial charge in [-0.1, -0.05) is 48.5 Å².